The Bertz CT molecular complexity index is 1420. The van der Waals surface area contributed by atoms with Gasteiger partial charge in [0.05, 0.1) is 16.6 Å². The number of nitrogen functional groups attached to an aromatic ring is 1. The summed E-state index contributed by atoms with van der Waals surface area (Å²) in [5, 5.41) is 7.33. The lowest BCUT2D eigenvalue weighted by Crippen LogP contribution is -2.53. The molecule has 1 aliphatic rings. The van der Waals surface area contributed by atoms with Crippen LogP contribution in [0.4, 0.5) is 10.6 Å². The van der Waals surface area contributed by atoms with Gasteiger partial charge in [-0.1, -0.05) is 61.7 Å². The van der Waals surface area contributed by atoms with Crippen molar-refractivity contribution in [2.24, 2.45) is 0 Å². The minimum absolute atomic E-state index is 0.128. The molecule has 0 bridgehead atoms. The first-order valence-corrected chi connectivity index (χ1v) is 13.6. The average Bonchev–Trinajstić information content (AvgIpc) is 3.26. The van der Waals surface area contributed by atoms with Crippen molar-refractivity contribution in [2.75, 3.05) is 12.3 Å². The molecule has 4 aromatic rings. The van der Waals surface area contributed by atoms with Crippen LogP contribution in [0.1, 0.15) is 58.7 Å². The molecule has 2 amide bonds. The molecule has 2 aromatic heterocycles. The fraction of sp³-hybridized carbons (Fsp3) is 0.433. The highest BCUT2D eigenvalue weighted by molar-refractivity contribution is 6.07. The van der Waals surface area contributed by atoms with Crippen molar-refractivity contribution in [3.8, 4) is 11.1 Å². The van der Waals surface area contributed by atoms with E-state index >= 15 is 0 Å². The number of imidazole rings is 1. The van der Waals surface area contributed by atoms with Crippen LogP contribution in [0.25, 0.3) is 33.1 Å². The number of aromatic nitrogens is 3. The molecular formula is C30H38N6O2. The average molecular weight is 515 g/mol. The van der Waals surface area contributed by atoms with E-state index in [9.17, 15) is 4.79 Å². The molecule has 0 atom stereocenters. The molecule has 4 N–H and O–H groups in total. The first-order chi connectivity index (χ1) is 18.3. The van der Waals surface area contributed by atoms with Crippen molar-refractivity contribution in [1.29, 1.82) is 0 Å². The summed E-state index contributed by atoms with van der Waals surface area (Å²) in [5.41, 5.74) is 10.5. The highest BCUT2D eigenvalue weighted by Crippen LogP contribution is 2.33. The molecule has 1 fully saturated rings. The van der Waals surface area contributed by atoms with E-state index in [0.29, 0.717) is 31.1 Å². The molecule has 0 saturated heterocycles. The van der Waals surface area contributed by atoms with Crippen LogP contribution in [0, 0.1) is 0 Å². The Morgan fingerprint density at radius 1 is 1.08 bits per heavy atom. The number of urea groups is 1. The molecule has 0 spiro atoms. The van der Waals surface area contributed by atoms with Gasteiger partial charge in [-0.2, -0.15) is 0 Å². The molecule has 1 aliphatic carbocycles. The van der Waals surface area contributed by atoms with Crippen LogP contribution in [0.2, 0.25) is 0 Å². The number of ether oxygens (including phenoxy) is 1. The van der Waals surface area contributed by atoms with Crippen LogP contribution in [0.5, 0.6) is 0 Å². The van der Waals surface area contributed by atoms with E-state index in [1.54, 1.807) is 0 Å². The van der Waals surface area contributed by atoms with E-state index in [1.165, 1.54) is 19.3 Å². The highest BCUT2D eigenvalue weighted by atomic mass is 16.5. The monoisotopic (exact) mass is 514 g/mol. The van der Waals surface area contributed by atoms with Crippen molar-refractivity contribution in [2.45, 2.75) is 77.6 Å². The third kappa shape index (κ3) is 5.60. The Kier molecular flexibility index (Phi) is 7.51. The molecular weight excluding hydrogens is 476 g/mol. The van der Waals surface area contributed by atoms with E-state index in [1.807, 2.05) is 39.0 Å². The minimum Gasteiger partial charge on any atom is -0.382 e. The second kappa shape index (κ2) is 11.0. The van der Waals surface area contributed by atoms with Crippen LogP contribution in [0.15, 0.2) is 48.5 Å². The van der Waals surface area contributed by atoms with Crippen molar-refractivity contribution >= 4 is 33.8 Å². The molecule has 1 saturated carbocycles. The number of hydrogen-bond acceptors (Lipinski definition) is 5. The van der Waals surface area contributed by atoms with Gasteiger partial charge in [0.15, 0.2) is 5.82 Å². The number of amides is 2. The quantitative estimate of drug-likeness (QED) is 0.276. The fourth-order valence-corrected chi connectivity index (χ4v) is 5.45. The Balaban J connectivity index is 1.52. The number of nitrogens with two attached hydrogens (primary N) is 1. The summed E-state index contributed by atoms with van der Waals surface area (Å²) < 4.78 is 7.90. The van der Waals surface area contributed by atoms with Gasteiger partial charge in [0.2, 0.25) is 0 Å². The Hall–Kier alpha value is -3.65. The van der Waals surface area contributed by atoms with Gasteiger partial charge in [-0.05, 0) is 50.8 Å². The second-order valence-electron chi connectivity index (χ2n) is 10.9. The number of fused-ring (bicyclic) bond motifs is 3. The first-order valence-electron chi connectivity index (χ1n) is 13.6. The zero-order chi connectivity index (χ0) is 26.7. The van der Waals surface area contributed by atoms with Crippen LogP contribution < -0.4 is 16.4 Å². The van der Waals surface area contributed by atoms with Crippen molar-refractivity contribution < 1.29 is 9.53 Å². The summed E-state index contributed by atoms with van der Waals surface area (Å²) in [7, 11) is 0. The zero-order valence-corrected chi connectivity index (χ0v) is 22.6. The standard InChI is InChI=1S/C30H38N6O2/c1-4-38-18-25-34-26-27(36(25)19-30(2,3)35-29(37)32-22-13-9-6-10-14-22)23-16-15-21(17-24(23)33-28(26)31)20-11-7-5-8-12-20/h5,7-8,11-12,15-17,22H,4,6,9-10,13-14,18-19H2,1-3H3,(H2,31,33)(H2,32,35,37). The molecule has 200 valence electrons. The zero-order valence-electron chi connectivity index (χ0n) is 22.6. The summed E-state index contributed by atoms with van der Waals surface area (Å²) in [4.78, 5) is 22.5. The number of pyridine rings is 1. The van der Waals surface area contributed by atoms with Crippen LogP contribution in [-0.2, 0) is 17.9 Å². The lowest BCUT2D eigenvalue weighted by atomic mass is 9.95. The maximum Gasteiger partial charge on any atom is 0.315 e. The maximum absolute atomic E-state index is 12.9. The van der Waals surface area contributed by atoms with Crippen molar-refractivity contribution in [3.63, 3.8) is 0 Å². The predicted octanol–water partition coefficient (Wildman–Crippen LogP) is 5.78. The number of carbonyl (C=O) groups excluding carboxylic acids is 1. The predicted molar refractivity (Wildman–Crippen MR) is 153 cm³/mol. The van der Waals surface area contributed by atoms with Gasteiger partial charge < -0.3 is 25.7 Å². The summed E-state index contributed by atoms with van der Waals surface area (Å²) in [6, 6.07) is 16.6. The molecule has 0 unspecified atom stereocenters. The summed E-state index contributed by atoms with van der Waals surface area (Å²) in [6.45, 7) is 7.45. The van der Waals surface area contributed by atoms with Gasteiger partial charge in [-0.3, -0.25) is 0 Å². The Morgan fingerprint density at radius 3 is 2.58 bits per heavy atom. The summed E-state index contributed by atoms with van der Waals surface area (Å²) in [5.74, 6) is 1.15. The second-order valence-corrected chi connectivity index (χ2v) is 10.9. The Morgan fingerprint density at radius 2 is 1.84 bits per heavy atom. The van der Waals surface area contributed by atoms with Gasteiger partial charge in [0, 0.05) is 24.6 Å². The number of rotatable bonds is 8. The van der Waals surface area contributed by atoms with Gasteiger partial charge in [-0.15, -0.1) is 0 Å². The smallest absolute Gasteiger partial charge is 0.315 e. The SMILES string of the molecule is CCOCc1nc2c(N)nc3cc(-c4ccccc4)ccc3c2n1CC(C)(C)NC(=O)NC1CCCCC1. The third-order valence-electron chi connectivity index (χ3n) is 7.27. The van der Waals surface area contributed by atoms with E-state index in [-0.39, 0.29) is 12.1 Å². The number of hydrogen-bond donors (Lipinski definition) is 3. The highest BCUT2D eigenvalue weighted by Gasteiger charge is 2.27. The fourth-order valence-electron chi connectivity index (χ4n) is 5.45. The van der Waals surface area contributed by atoms with Crippen LogP contribution >= 0.6 is 0 Å². The van der Waals surface area contributed by atoms with Gasteiger partial charge in [0.1, 0.15) is 17.9 Å². The Labute approximate surface area is 224 Å². The lowest BCUT2D eigenvalue weighted by molar-refractivity contribution is 0.124. The lowest BCUT2D eigenvalue weighted by Gasteiger charge is -2.30. The molecule has 0 radical (unpaired) electrons. The van der Waals surface area contributed by atoms with Crippen LogP contribution in [0.3, 0.4) is 0 Å². The number of benzene rings is 2. The summed E-state index contributed by atoms with van der Waals surface area (Å²) >= 11 is 0. The summed E-state index contributed by atoms with van der Waals surface area (Å²) in [6.07, 6.45) is 5.68. The third-order valence-corrected chi connectivity index (χ3v) is 7.27. The topological polar surface area (TPSA) is 107 Å². The number of nitrogens with one attached hydrogen (secondary N) is 2. The number of anilines is 1. The van der Waals surface area contributed by atoms with Gasteiger partial charge in [0.25, 0.3) is 0 Å². The minimum atomic E-state index is -0.554. The molecule has 5 rings (SSSR count). The number of nitrogens with zero attached hydrogens (tertiary/aromatic N) is 3. The molecule has 8 heteroatoms. The molecule has 8 nitrogen and oxygen atoms in total. The molecule has 38 heavy (non-hydrogen) atoms. The van der Waals surface area contributed by atoms with E-state index in [0.717, 1.165) is 46.2 Å². The van der Waals surface area contributed by atoms with E-state index in [2.05, 4.69) is 45.5 Å². The molecule has 2 heterocycles. The largest absolute Gasteiger partial charge is 0.382 e. The van der Waals surface area contributed by atoms with Crippen molar-refractivity contribution in [3.05, 3.63) is 54.4 Å². The van der Waals surface area contributed by atoms with E-state index < -0.39 is 5.54 Å². The first kappa shape index (κ1) is 26.0. The van der Waals surface area contributed by atoms with E-state index in [4.69, 9.17) is 20.4 Å². The maximum atomic E-state index is 12.9. The normalized spacial score (nSPS) is 14.7. The van der Waals surface area contributed by atoms with Gasteiger partial charge >= 0.3 is 6.03 Å². The van der Waals surface area contributed by atoms with Crippen molar-refractivity contribution in [1.82, 2.24) is 25.2 Å². The van der Waals surface area contributed by atoms with Gasteiger partial charge in [-0.25, -0.2) is 14.8 Å². The van der Waals surface area contributed by atoms with Crippen LogP contribution in [-0.4, -0.2) is 38.8 Å². The number of carbonyl (C=O) groups is 1. The molecule has 0 aliphatic heterocycles. The molecule has 2 aromatic carbocycles.